The Kier molecular flexibility index (Phi) is 4.85. The van der Waals surface area contributed by atoms with Gasteiger partial charge in [-0.3, -0.25) is 4.99 Å². The molecule has 5 heteroatoms. The van der Waals surface area contributed by atoms with Crippen LogP contribution in [-0.2, 0) is 4.79 Å². The van der Waals surface area contributed by atoms with E-state index < -0.39 is 5.97 Å². The third kappa shape index (κ3) is 3.55. The summed E-state index contributed by atoms with van der Waals surface area (Å²) in [5.74, 6) is -0.0796. The lowest BCUT2D eigenvalue weighted by Crippen LogP contribution is -2.01. The maximum Gasteiger partial charge on any atom is 0.337 e. The van der Waals surface area contributed by atoms with E-state index in [4.69, 9.17) is 9.52 Å². The van der Waals surface area contributed by atoms with Gasteiger partial charge in [0.25, 0.3) is 0 Å². The van der Waals surface area contributed by atoms with Crippen molar-refractivity contribution in [3.05, 3.63) is 41.2 Å². The predicted molar refractivity (Wildman–Crippen MR) is 88.2 cm³/mol. The number of carbonyl (C=O) groups is 1. The van der Waals surface area contributed by atoms with E-state index in [2.05, 4.69) is 11.9 Å². The molecule has 1 unspecified atom stereocenters. The van der Waals surface area contributed by atoms with Crippen molar-refractivity contribution < 1.29 is 14.3 Å². The molecule has 2 aromatic rings. The van der Waals surface area contributed by atoms with Crippen molar-refractivity contribution >= 4 is 41.0 Å². The summed E-state index contributed by atoms with van der Waals surface area (Å²) in [7, 11) is 1.54. The molecule has 1 aromatic heterocycles. The molecule has 0 amide bonds. The molecule has 1 aromatic carbocycles. The molecule has 0 aliphatic rings. The van der Waals surface area contributed by atoms with Gasteiger partial charge in [0.05, 0.1) is 10.8 Å². The van der Waals surface area contributed by atoms with Gasteiger partial charge in [-0.05, 0) is 37.0 Å². The Balaban J connectivity index is 2.42. The molecule has 21 heavy (non-hydrogen) atoms. The van der Waals surface area contributed by atoms with Gasteiger partial charge in [-0.15, -0.1) is 0 Å². The predicted octanol–water partition coefficient (Wildman–Crippen LogP) is 4.03. The van der Waals surface area contributed by atoms with Crippen molar-refractivity contribution in [1.29, 1.82) is 0 Å². The van der Waals surface area contributed by atoms with Gasteiger partial charge >= 0.3 is 5.97 Å². The molecular weight excluding hydrogens is 286 g/mol. The number of aliphatic carboxylic acids is 1. The number of aliphatic imine (C=N–C) groups is 1. The molecule has 2 rings (SSSR count). The molecule has 1 atom stereocenters. The summed E-state index contributed by atoms with van der Waals surface area (Å²) in [6.45, 7) is 2.09. The van der Waals surface area contributed by atoms with Crippen molar-refractivity contribution in [3.63, 3.8) is 0 Å². The Morgan fingerprint density at radius 3 is 2.81 bits per heavy atom. The third-order valence-electron chi connectivity index (χ3n) is 3.15. The third-order valence-corrected chi connectivity index (χ3v) is 4.09. The van der Waals surface area contributed by atoms with Crippen molar-refractivity contribution in [2.45, 2.75) is 12.2 Å². The lowest BCUT2D eigenvalue weighted by molar-refractivity contribution is -0.131. The summed E-state index contributed by atoms with van der Waals surface area (Å²) in [5, 5.41) is 10.4. The number of thioether (sulfide) groups is 1. The van der Waals surface area contributed by atoms with Crippen molar-refractivity contribution in [3.8, 4) is 0 Å². The minimum absolute atomic E-state index is 0.140. The fourth-order valence-corrected chi connectivity index (χ4v) is 2.30. The molecule has 110 valence electrons. The maximum absolute atomic E-state index is 11.1. The highest BCUT2D eigenvalue weighted by atomic mass is 32.2. The summed E-state index contributed by atoms with van der Waals surface area (Å²) < 4.78 is 5.83. The van der Waals surface area contributed by atoms with Gasteiger partial charge in [-0.1, -0.05) is 12.1 Å². The zero-order chi connectivity index (χ0) is 15.4. The lowest BCUT2D eigenvalue weighted by atomic mass is 10.1. The molecule has 4 nitrogen and oxygen atoms in total. The number of fused-ring (bicyclic) bond motifs is 1. The van der Waals surface area contributed by atoms with Gasteiger partial charge in [-0.2, -0.15) is 11.8 Å². The Labute approximate surface area is 127 Å². The molecule has 0 bridgehead atoms. The fourth-order valence-electron chi connectivity index (χ4n) is 1.95. The summed E-state index contributed by atoms with van der Waals surface area (Å²) in [6, 6.07) is 7.68. The van der Waals surface area contributed by atoms with Crippen LogP contribution in [0.5, 0.6) is 0 Å². The minimum Gasteiger partial charge on any atom is -0.478 e. The van der Waals surface area contributed by atoms with Gasteiger partial charge < -0.3 is 9.52 Å². The highest BCUT2D eigenvalue weighted by Crippen LogP contribution is 2.31. The monoisotopic (exact) mass is 303 g/mol. The van der Waals surface area contributed by atoms with Crippen molar-refractivity contribution in [2.24, 2.45) is 4.99 Å². The number of nitrogens with zero attached hydrogens (tertiary/aromatic N) is 1. The van der Waals surface area contributed by atoms with Crippen LogP contribution >= 0.6 is 11.8 Å². The number of hydrogen-bond donors (Lipinski definition) is 1. The number of hydrogen-bond acceptors (Lipinski definition) is 4. The van der Waals surface area contributed by atoms with Crippen LogP contribution in [0.3, 0.4) is 0 Å². The van der Waals surface area contributed by atoms with Gasteiger partial charge in [0, 0.05) is 18.6 Å². The first kappa shape index (κ1) is 15.4. The van der Waals surface area contributed by atoms with E-state index in [1.165, 1.54) is 6.21 Å². The smallest absolute Gasteiger partial charge is 0.337 e. The molecule has 1 heterocycles. The van der Waals surface area contributed by atoms with E-state index in [-0.39, 0.29) is 10.8 Å². The highest BCUT2D eigenvalue weighted by molar-refractivity contribution is 7.98. The molecule has 0 saturated carbocycles. The zero-order valence-electron chi connectivity index (χ0n) is 12.2. The average molecular weight is 303 g/mol. The van der Waals surface area contributed by atoms with E-state index in [0.29, 0.717) is 0 Å². The van der Waals surface area contributed by atoms with E-state index >= 15 is 0 Å². The first-order chi connectivity index (χ1) is 10.0. The van der Waals surface area contributed by atoms with Crippen LogP contribution in [0.1, 0.15) is 23.5 Å². The summed E-state index contributed by atoms with van der Waals surface area (Å²) in [4.78, 5) is 14.9. The second-order valence-electron chi connectivity index (χ2n) is 4.62. The van der Waals surface area contributed by atoms with Crippen LogP contribution in [0.25, 0.3) is 17.0 Å². The van der Waals surface area contributed by atoms with Crippen LogP contribution in [-0.4, -0.2) is 30.6 Å². The second kappa shape index (κ2) is 6.63. The van der Waals surface area contributed by atoms with Crippen LogP contribution in [0.4, 0.5) is 0 Å². The van der Waals surface area contributed by atoms with Crippen molar-refractivity contribution in [2.75, 3.05) is 13.3 Å². The lowest BCUT2D eigenvalue weighted by Gasteiger charge is -2.01. The van der Waals surface area contributed by atoms with E-state index in [9.17, 15) is 4.79 Å². The minimum atomic E-state index is -1.00. The Bertz CT molecular complexity index is 715. The van der Waals surface area contributed by atoms with E-state index in [1.54, 1.807) is 24.9 Å². The standard InChI is InChI=1S/C16H17NO3S/c1-10(21-3)14-8-12-5-4-11(7-15(12)20-14)6-13(9-17-2)16(18)19/h4-10H,1-3H3,(H,18,19)/b13-6-,17-9?. The maximum atomic E-state index is 11.1. The Morgan fingerprint density at radius 1 is 1.43 bits per heavy atom. The van der Waals surface area contributed by atoms with Gasteiger partial charge in [0.2, 0.25) is 0 Å². The molecule has 0 radical (unpaired) electrons. The molecule has 0 spiro atoms. The SMILES string of the molecule is CN=C/C(=C/c1ccc2cc(C(C)SC)oc2c1)C(=O)O. The van der Waals surface area contributed by atoms with Crippen LogP contribution in [0, 0.1) is 0 Å². The molecule has 1 N–H and O–H groups in total. The van der Waals surface area contributed by atoms with Gasteiger partial charge in [0.1, 0.15) is 11.3 Å². The molecule has 0 saturated heterocycles. The first-order valence-electron chi connectivity index (χ1n) is 6.48. The average Bonchev–Trinajstić information content (AvgIpc) is 2.89. The molecular formula is C16H17NO3S. The quantitative estimate of drug-likeness (QED) is 0.669. The van der Waals surface area contributed by atoms with Gasteiger partial charge in [-0.25, -0.2) is 4.79 Å². The first-order valence-corrected chi connectivity index (χ1v) is 7.77. The Morgan fingerprint density at radius 2 is 2.19 bits per heavy atom. The largest absolute Gasteiger partial charge is 0.478 e. The zero-order valence-corrected chi connectivity index (χ0v) is 13.0. The second-order valence-corrected chi connectivity index (χ2v) is 5.79. The summed E-state index contributed by atoms with van der Waals surface area (Å²) in [5.41, 5.74) is 1.68. The van der Waals surface area contributed by atoms with Crippen LogP contribution in [0.15, 0.2) is 39.2 Å². The molecule has 0 aliphatic carbocycles. The number of benzene rings is 1. The normalized spacial score (nSPS) is 14.0. The summed E-state index contributed by atoms with van der Waals surface area (Å²) in [6.07, 6.45) is 4.94. The number of furan rings is 1. The summed E-state index contributed by atoms with van der Waals surface area (Å²) >= 11 is 1.72. The van der Waals surface area contributed by atoms with Crippen LogP contribution in [0.2, 0.25) is 0 Å². The topological polar surface area (TPSA) is 62.8 Å². The number of rotatable bonds is 5. The fraction of sp³-hybridized carbons (Fsp3) is 0.250. The van der Waals surface area contributed by atoms with Gasteiger partial charge in [0.15, 0.2) is 0 Å². The van der Waals surface area contributed by atoms with E-state index in [1.807, 2.05) is 30.5 Å². The Hall–Kier alpha value is -2.01. The number of carboxylic acid groups (broad SMARTS) is 1. The molecule has 0 aliphatic heterocycles. The van der Waals surface area contributed by atoms with Crippen LogP contribution < -0.4 is 0 Å². The van der Waals surface area contributed by atoms with E-state index in [0.717, 1.165) is 22.3 Å². The van der Waals surface area contributed by atoms with Crippen molar-refractivity contribution in [1.82, 2.24) is 0 Å². The molecule has 0 fully saturated rings. The number of carboxylic acids is 1. The highest BCUT2D eigenvalue weighted by Gasteiger charge is 2.11.